The summed E-state index contributed by atoms with van der Waals surface area (Å²) in [6.07, 6.45) is 7.13. The van der Waals surface area contributed by atoms with Crippen molar-refractivity contribution in [1.82, 2.24) is 0 Å². The highest BCUT2D eigenvalue weighted by atomic mass is 16.5. The predicted octanol–water partition coefficient (Wildman–Crippen LogP) is 3.40. The average molecular weight is 170 g/mol. The van der Waals surface area contributed by atoms with Crippen molar-refractivity contribution in [2.24, 2.45) is 5.92 Å². The molecular formula is C11H22O. The van der Waals surface area contributed by atoms with Crippen LogP contribution >= 0.6 is 0 Å². The second kappa shape index (κ2) is 7.35. The van der Waals surface area contributed by atoms with E-state index in [0.29, 0.717) is 12.0 Å². The Morgan fingerprint density at radius 1 is 1.50 bits per heavy atom. The molecule has 0 fully saturated rings. The highest BCUT2D eigenvalue weighted by Gasteiger charge is 2.13. The van der Waals surface area contributed by atoms with Crippen LogP contribution in [-0.4, -0.2) is 13.2 Å². The third-order valence-corrected chi connectivity index (χ3v) is 2.35. The van der Waals surface area contributed by atoms with Crippen molar-refractivity contribution in [2.45, 2.75) is 45.6 Å². The maximum atomic E-state index is 5.38. The SMILES string of the molecule is C=CC[C@H](OC)[C@@H](C)CCCC. The molecule has 0 saturated heterocycles. The summed E-state index contributed by atoms with van der Waals surface area (Å²) in [7, 11) is 1.79. The Morgan fingerprint density at radius 2 is 2.17 bits per heavy atom. The highest BCUT2D eigenvalue weighted by molar-refractivity contribution is 4.76. The van der Waals surface area contributed by atoms with Gasteiger partial charge in [0.05, 0.1) is 6.10 Å². The van der Waals surface area contributed by atoms with Crippen LogP contribution < -0.4 is 0 Å². The number of hydrogen-bond donors (Lipinski definition) is 0. The van der Waals surface area contributed by atoms with E-state index >= 15 is 0 Å². The minimum absolute atomic E-state index is 0.369. The van der Waals surface area contributed by atoms with Gasteiger partial charge >= 0.3 is 0 Å². The molecule has 0 aromatic carbocycles. The van der Waals surface area contributed by atoms with Crippen LogP contribution in [0.25, 0.3) is 0 Å². The fourth-order valence-electron chi connectivity index (χ4n) is 1.44. The molecule has 2 atom stereocenters. The van der Waals surface area contributed by atoms with Crippen molar-refractivity contribution in [3.63, 3.8) is 0 Å². The molecule has 1 heteroatoms. The zero-order valence-corrected chi connectivity index (χ0v) is 8.68. The Hall–Kier alpha value is -0.300. The molecule has 0 aromatic heterocycles. The molecule has 0 aliphatic carbocycles. The maximum absolute atomic E-state index is 5.38. The molecular weight excluding hydrogens is 148 g/mol. The third-order valence-electron chi connectivity index (χ3n) is 2.35. The van der Waals surface area contributed by atoms with Gasteiger partial charge in [-0.1, -0.05) is 32.8 Å². The Kier molecular flexibility index (Phi) is 7.17. The van der Waals surface area contributed by atoms with Gasteiger partial charge in [0.2, 0.25) is 0 Å². The van der Waals surface area contributed by atoms with Crippen molar-refractivity contribution < 1.29 is 4.74 Å². The molecule has 72 valence electrons. The van der Waals surface area contributed by atoms with Gasteiger partial charge < -0.3 is 4.74 Å². The third kappa shape index (κ3) is 4.55. The molecule has 0 N–H and O–H groups in total. The Bertz CT molecular complexity index is 110. The van der Waals surface area contributed by atoms with Gasteiger partial charge in [0.1, 0.15) is 0 Å². The number of unbranched alkanes of at least 4 members (excludes halogenated alkanes) is 1. The van der Waals surface area contributed by atoms with E-state index in [1.807, 2.05) is 6.08 Å². The fourth-order valence-corrected chi connectivity index (χ4v) is 1.44. The largest absolute Gasteiger partial charge is 0.381 e. The maximum Gasteiger partial charge on any atom is 0.0631 e. The van der Waals surface area contributed by atoms with E-state index in [1.165, 1.54) is 19.3 Å². The number of hydrogen-bond acceptors (Lipinski definition) is 1. The van der Waals surface area contributed by atoms with Crippen molar-refractivity contribution in [3.8, 4) is 0 Å². The molecule has 0 radical (unpaired) electrons. The molecule has 0 saturated carbocycles. The standard InChI is InChI=1S/C11H22O/c1-5-7-9-10(3)11(12-4)8-6-2/h6,10-11H,2,5,7-9H2,1,3-4H3/t10-,11-/m0/s1. The molecule has 0 amide bonds. The van der Waals surface area contributed by atoms with Crippen LogP contribution in [-0.2, 0) is 4.74 Å². The Labute approximate surface area is 76.8 Å². The zero-order valence-electron chi connectivity index (χ0n) is 8.68. The van der Waals surface area contributed by atoms with Crippen LogP contribution in [0.4, 0.5) is 0 Å². The van der Waals surface area contributed by atoms with E-state index in [2.05, 4.69) is 20.4 Å². The van der Waals surface area contributed by atoms with Crippen molar-refractivity contribution in [1.29, 1.82) is 0 Å². The van der Waals surface area contributed by atoms with Crippen molar-refractivity contribution in [2.75, 3.05) is 7.11 Å². The number of methoxy groups -OCH3 is 1. The Morgan fingerprint density at radius 3 is 2.58 bits per heavy atom. The van der Waals surface area contributed by atoms with Gasteiger partial charge in [0.15, 0.2) is 0 Å². The van der Waals surface area contributed by atoms with Crippen molar-refractivity contribution >= 4 is 0 Å². The van der Waals surface area contributed by atoms with E-state index < -0.39 is 0 Å². The van der Waals surface area contributed by atoms with E-state index in [9.17, 15) is 0 Å². The first kappa shape index (κ1) is 11.7. The molecule has 0 aliphatic heterocycles. The Balaban J connectivity index is 3.67. The summed E-state index contributed by atoms with van der Waals surface area (Å²) in [5, 5.41) is 0. The highest BCUT2D eigenvalue weighted by Crippen LogP contribution is 2.17. The van der Waals surface area contributed by atoms with Crippen LogP contribution in [0.1, 0.15) is 39.5 Å². The molecule has 0 rings (SSSR count). The molecule has 1 nitrogen and oxygen atoms in total. The van der Waals surface area contributed by atoms with Gasteiger partial charge in [0.25, 0.3) is 0 Å². The summed E-state index contributed by atoms with van der Waals surface area (Å²) in [6, 6.07) is 0. The van der Waals surface area contributed by atoms with Gasteiger partial charge in [-0.3, -0.25) is 0 Å². The van der Waals surface area contributed by atoms with Gasteiger partial charge in [-0.05, 0) is 18.8 Å². The second-order valence-electron chi connectivity index (χ2n) is 3.42. The van der Waals surface area contributed by atoms with Gasteiger partial charge in [0, 0.05) is 7.11 Å². The fraction of sp³-hybridized carbons (Fsp3) is 0.818. The summed E-state index contributed by atoms with van der Waals surface area (Å²) in [4.78, 5) is 0. The van der Waals surface area contributed by atoms with E-state index in [1.54, 1.807) is 7.11 Å². The minimum atomic E-state index is 0.369. The molecule has 0 bridgehead atoms. The average Bonchev–Trinajstić information content (AvgIpc) is 2.10. The monoisotopic (exact) mass is 170 g/mol. The molecule has 0 heterocycles. The van der Waals surface area contributed by atoms with E-state index in [4.69, 9.17) is 4.74 Å². The lowest BCUT2D eigenvalue weighted by Crippen LogP contribution is -2.19. The van der Waals surface area contributed by atoms with E-state index in [-0.39, 0.29) is 0 Å². The molecule has 0 aliphatic rings. The van der Waals surface area contributed by atoms with Crippen LogP contribution in [0, 0.1) is 5.92 Å². The van der Waals surface area contributed by atoms with Crippen LogP contribution in [0.15, 0.2) is 12.7 Å². The lowest BCUT2D eigenvalue weighted by atomic mass is 9.96. The summed E-state index contributed by atoms with van der Waals surface area (Å²) < 4.78 is 5.38. The van der Waals surface area contributed by atoms with Gasteiger partial charge in [-0.15, -0.1) is 6.58 Å². The lowest BCUT2D eigenvalue weighted by Gasteiger charge is -2.20. The first-order valence-electron chi connectivity index (χ1n) is 4.89. The normalized spacial score (nSPS) is 15.6. The lowest BCUT2D eigenvalue weighted by molar-refractivity contribution is 0.0570. The zero-order chi connectivity index (χ0) is 9.40. The van der Waals surface area contributed by atoms with Gasteiger partial charge in [-0.2, -0.15) is 0 Å². The summed E-state index contributed by atoms with van der Waals surface area (Å²) in [5.74, 6) is 0.660. The predicted molar refractivity (Wildman–Crippen MR) is 54.3 cm³/mol. The summed E-state index contributed by atoms with van der Waals surface area (Å²) in [6.45, 7) is 8.21. The smallest absolute Gasteiger partial charge is 0.0631 e. The summed E-state index contributed by atoms with van der Waals surface area (Å²) >= 11 is 0. The summed E-state index contributed by atoms with van der Waals surface area (Å²) in [5.41, 5.74) is 0. The molecule has 0 spiro atoms. The first-order chi connectivity index (χ1) is 5.76. The van der Waals surface area contributed by atoms with Crippen LogP contribution in [0.2, 0.25) is 0 Å². The van der Waals surface area contributed by atoms with Crippen LogP contribution in [0.5, 0.6) is 0 Å². The molecule has 0 unspecified atom stereocenters. The minimum Gasteiger partial charge on any atom is -0.381 e. The molecule has 12 heavy (non-hydrogen) atoms. The van der Waals surface area contributed by atoms with Crippen molar-refractivity contribution in [3.05, 3.63) is 12.7 Å². The second-order valence-corrected chi connectivity index (χ2v) is 3.42. The number of ether oxygens (including phenoxy) is 1. The number of rotatable bonds is 7. The van der Waals surface area contributed by atoms with Gasteiger partial charge in [-0.25, -0.2) is 0 Å². The van der Waals surface area contributed by atoms with E-state index in [0.717, 1.165) is 6.42 Å². The van der Waals surface area contributed by atoms with Crippen LogP contribution in [0.3, 0.4) is 0 Å². The topological polar surface area (TPSA) is 9.23 Å². The first-order valence-corrected chi connectivity index (χ1v) is 4.89. The quantitative estimate of drug-likeness (QED) is 0.532. The molecule has 0 aromatic rings.